The second-order valence-electron chi connectivity index (χ2n) is 14.4. The Morgan fingerprint density at radius 1 is 0.286 bits per heavy atom. The summed E-state index contributed by atoms with van der Waals surface area (Å²) < 4.78 is 12.4. The molecule has 0 fully saturated rings. The Kier molecular flexibility index (Phi) is 6.56. The molecule has 0 aliphatic carbocycles. The minimum absolute atomic E-state index is 0.603. The average Bonchev–Trinajstić information content (AvgIpc) is 3.85. The van der Waals surface area contributed by atoms with Crippen LogP contribution >= 0.6 is 0 Å². The lowest BCUT2D eigenvalue weighted by Crippen LogP contribution is -2.00. The maximum atomic E-state index is 6.25. The van der Waals surface area contributed by atoms with Crippen LogP contribution in [0.5, 0.6) is 0 Å². The molecule has 56 heavy (non-hydrogen) atoms. The van der Waals surface area contributed by atoms with Gasteiger partial charge >= 0.3 is 0 Å². The van der Waals surface area contributed by atoms with Crippen molar-refractivity contribution in [2.24, 2.45) is 0 Å². The van der Waals surface area contributed by atoms with E-state index >= 15 is 0 Å². The normalized spacial score (nSPS) is 11.9. The summed E-state index contributed by atoms with van der Waals surface area (Å²) in [4.78, 5) is 15.5. The van der Waals surface area contributed by atoms with E-state index in [4.69, 9.17) is 23.8 Å². The predicted molar refractivity (Wildman–Crippen MR) is 229 cm³/mol. The molecule has 0 amide bonds. The Morgan fingerprint density at radius 3 is 1.54 bits per heavy atom. The lowest BCUT2D eigenvalue weighted by atomic mass is 9.97. The van der Waals surface area contributed by atoms with Crippen molar-refractivity contribution < 1.29 is 8.83 Å². The Balaban J connectivity index is 1.05. The number of nitrogens with zero attached hydrogens (tertiary/aromatic N) is 3. The van der Waals surface area contributed by atoms with Gasteiger partial charge in [-0.15, -0.1) is 0 Å². The van der Waals surface area contributed by atoms with Crippen molar-refractivity contribution in [2.45, 2.75) is 0 Å². The van der Waals surface area contributed by atoms with Gasteiger partial charge < -0.3 is 8.83 Å². The zero-order valence-corrected chi connectivity index (χ0v) is 29.9. The minimum Gasteiger partial charge on any atom is -0.456 e. The third kappa shape index (κ3) is 4.78. The zero-order valence-electron chi connectivity index (χ0n) is 29.9. The molecule has 0 radical (unpaired) electrons. The number of furan rings is 2. The van der Waals surface area contributed by atoms with E-state index in [1.165, 1.54) is 16.2 Å². The molecule has 0 N–H and O–H groups in total. The summed E-state index contributed by atoms with van der Waals surface area (Å²) >= 11 is 0. The van der Waals surface area contributed by atoms with Crippen molar-refractivity contribution in [1.29, 1.82) is 0 Å². The standard InChI is InChI=1S/C51H29N3O2/c1-2-12-37-30(9-1)19-20-32-28-35(21-24-38(32)37)50-52-49(34-11-7-10-31(27-34)39-15-8-18-45-47(39)41-13-3-5-16-43(41)55-45)53-51(54-50)36-22-25-40-33(29-36)23-26-46-48(40)42-14-4-6-17-44(42)56-46/h1-29H. The first-order valence-electron chi connectivity index (χ1n) is 18.8. The Labute approximate surface area is 320 Å². The van der Waals surface area contributed by atoms with E-state index in [9.17, 15) is 0 Å². The molecule has 12 aromatic rings. The van der Waals surface area contributed by atoms with E-state index in [0.29, 0.717) is 17.5 Å². The third-order valence-corrected chi connectivity index (χ3v) is 11.1. The van der Waals surface area contributed by atoms with Crippen LogP contribution in [0.1, 0.15) is 0 Å². The Morgan fingerprint density at radius 2 is 0.786 bits per heavy atom. The second-order valence-corrected chi connectivity index (χ2v) is 14.4. The van der Waals surface area contributed by atoms with Gasteiger partial charge in [0.05, 0.1) is 0 Å². The summed E-state index contributed by atoms with van der Waals surface area (Å²) in [7, 11) is 0. The molecule has 0 unspecified atom stereocenters. The molecule has 12 rings (SSSR count). The fraction of sp³-hybridized carbons (Fsp3) is 0. The first-order valence-corrected chi connectivity index (χ1v) is 18.8. The highest BCUT2D eigenvalue weighted by molar-refractivity contribution is 6.19. The van der Waals surface area contributed by atoms with Gasteiger partial charge in [-0.05, 0) is 85.9 Å². The molecule has 0 bridgehead atoms. The fourth-order valence-corrected chi connectivity index (χ4v) is 8.45. The highest BCUT2D eigenvalue weighted by Gasteiger charge is 2.18. The summed E-state index contributed by atoms with van der Waals surface area (Å²) in [6.45, 7) is 0. The van der Waals surface area contributed by atoms with Gasteiger partial charge in [0.1, 0.15) is 22.3 Å². The smallest absolute Gasteiger partial charge is 0.164 e. The van der Waals surface area contributed by atoms with Gasteiger partial charge in [0.25, 0.3) is 0 Å². The number of rotatable bonds is 4. The average molecular weight is 716 g/mol. The number of benzene rings is 9. The van der Waals surface area contributed by atoms with Crippen LogP contribution in [0, 0.1) is 0 Å². The van der Waals surface area contributed by atoms with Crippen LogP contribution in [0.3, 0.4) is 0 Å². The van der Waals surface area contributed by atoms with Crippen molar-refractivity contribution in [2.75, 3.05) is 0 Å². The van der Waals surface area contributed by atoms with E-state index in [2.05, 4.69) is 146 Å². The summed E-state index contributed by atoms with van der Waals surface area (Å²) in [6.07, 6.45) is 0. The topological polar surface area (TPSA) is 65.0 Å². The van der Waals surface area contributed by atoms with Crippen molar-refractivity contribution in [3.8, 4) is 45.3 Å². The maximum absolute atomic E-state index is 6.25. The molecule has 5 nitrogen and oxygen atoms in total. The van der Waals surface area contributed by atoms with Crippen molar-refractivity contribution in [1.82, 2.24) is 15.0 Å². The minimum atomic E-state index is 0.603. The number of hydrogen-bond donors (Lipinski definition) is 0. The summed E-state index contributed by atoms with van der Waals surface area (Å²) in [6, 6.07) is 61.1. The number of fused-ring (bicyclic) bond motifs is 11. The molecule has 260 valence electrons. The number of para-hydroxylation sites is 2. The van der Waals surface area contributed by atoms with E-state index in [1.54, 1.807) is 0 Å². The number of aromatic nitrogens is 3. The monoisotopic (exact) mass is 715 g/mol. The van der Waals surface area contributed by atoms with Crippen LogP contribution in [-0.2, 0) is 0 Å². The summed E-state index contributed by atoms with van der Waals surface area (Å²) in [5.74, 6) is 1.83. The molecule has 0 aliphatic rings. The van der Waals surface area contributed by atoms with Gasteiger partial charge in [-0.25, -0.2) is 15.0 Å². The molecule has 0 spiro atoms. The quantitative estimate of drug-likeness (QED) is 0.170. The van der Waals surface area contributed by atoms with E-state index in [-0.39, 0.29) is 0 Å². The van der Waals surface area contributed by atoms with E-state index in [1.807, 2.05) is 30.3 Å². The Bertz CT molecular complexity index is 3560. The Hall–Kier alpha value is -7.63. The third-order valence-electron chi connectivity index (χ3n) is 11.1. The molecular formula is C51H29N3O2. The van der Waals surface area contributed by atoms with Crippen LogP contribution in [0.2, 0.25) is 0 Å². The molecule has 3 aromatic heterocycles. The summed E-state index contributed by atoms with van der Waals surface area (Å²) in [5, 5.41) is 11.4. The molecule has 5 heteroatoms. The van der Waals surface area contributed by atoms with E-state index in [0.717, 1.165) is 87.9 Å². The van der Waals surface area contributed by atoms with Gasteiger partial charge in [0, 0.05) is 38.2 Å². The van der Waals surface area contributed by atoms with Crippen LogP contribution in [0.25, 0.3) is 121 Å². The van der Waals surface area contributed by atoms with Gasteiger partial charge in [-0.3, -0.25) is 0 Å². The lowest BCUT2D eigenvalue weighted by molar-refractivity contribution is 0.668. The second kappa shape index (κ2) is 11.9. The zero-order chi connectivity index (χ0) is 36.7. The predicted octanol–water partition coefficient (Wildman–Crippen LogP) is 13.8. The molecular weight excluding hydrogens is 687 g/mol. The van der Waals surface area contributed by atoms with Gasteiger partial charge in [-0.2, -0.15) is 0 Å². The van der Waals surface area contributed by atoms with E-state index < -0.39 is 0 Å². The highest BCUT2D eigenvalue weighted by atomic mass is 16.3. The van der Waals surface area contributed by atoms with Gasteiger partial charge in [0.2, 0.25) is 0 Å². The van der Waals surface area contributed by atoms with Gasteiger partial charge in [0.15, 0.2) is 17.5 Å². The molecule has 3 heterocycles. The maximum Gasteiger partial charge on any atom is 0.164 e. The van der Waals surface area contributed by atoms with Crippen LogP contribution in [0.4, 0.5) is 0 Å². The molecule has 0 saturated heterocycles. The molecule has 0 saturated carbocycles. The fourth-order valence-electron chi connectivity index (χ4n) is 8.45. The summed E-state index contributed by atoms with van der Waals surface area (Å²) in [5.41, 5.74) is 8.38. The van der Waals surface area contributed by atoms with Crippen LogP contribution in [-0.4, -0.2) is 15.0 Å². The lowest BCUT2D eigenvalue weighted by Gasteiger charge is -2.11. The van der Waals surface area contributed by atoms with Crippen LogP contribution < -0.4 is 0 Å². The first kappa shape index (κ1) is 30.8. The first-order chi connectivity index (χ1) is 27.7. The molecule has 0 aliphatic heterocycles. The molecule has 9 aromatic carbocycles. The SMILES string of the molecule is c1cc(-c2nc(-c3ccc4c(ccc5ccccc54)c3)nc(-c3ccc4c(ccc5oc6ccccc6c54)c3)n2)cc(-c2cccc3oc4ccccc4c23)c1. The largest absolute Gasteiger partial charge is 0.456 e. The number of hydrogen-bond acceptors (Lipinski definition) is 5. The van der Waals surface area contributed by atoms with Crippen molar-refractivity contribution >= 4 is 76.2 Å². The van der Waals surface area contributed by atoms with Gasteiger partial charge in [-0.1, -0.05) is 133 Å². The van der Waals surface area contributed by atoms with Crippen LogP contribution in [0.15, 0.2) is 185 Å². The molecule has 0 atom stereocenters. The van der Waals surface area contributed by atoms with Crippen molar-refractivity contribution in [3.63, 3.8) is 0 Å². The van der Waals surface area contributed by atoms with Crippen molar-refractivity contribution in [3.05, 3.63) is 176 Å². The highest BCUT2D eigenvalue weighted by Crippen LogP contribution is 2.39.